The lowest BCUT2D eigenvalue weighted by Gasteiger charge is -2.30. The minimum Gasteiger partial charge on any atom is -0.497 e. The molecule has 146 valence electrons. The number of hydrogen-bond acceptors (Lipinski definition) is 6. The van der Waals surface area contributed by atoms with Gasteiger partial charge in [-0.05, 0) is 42.4 Å². The Labute approximate surface area is 169 Å². The topological polar surface area (TPSA) is 63.5 Å². The summed E-state index contributed by atoms with van der Waals surface area (Å²) in [6, 6.07) is 16.0. The smallest absolute Gasteiger partial charge is 0.193 e. The van der Waals surface area contributed by atoms with Gasteiger partial charge in [-0.1, -0.05) is 30.3 Å². The average Bonchev–Trinajstić information content (AvgIpc) is 2.67. The maximum atomic E-state index is 11.1. The van der Waals surface area contributed by atoms with Crippen LogP contribution in [0.1, 0.15) is 18.1 Å². The van der Waals surface area contributed by atoms with Gasteiger partial charge in [-0.3, -0.25) is 9.79 Å². The molecule has 0 N–H and O–H groups in total. The van der Waals surface area contributed by atoms with Crippen molar-refractivity contribution < 1.29 is 14.3 Å². The van der Waals surface area contributed by atoms with Crippen LogP contribution in [0, 0.1) is 0 Å². The van der Waals surface area contributed by atoms with E-state index >= 15 is 0 Å². The molecule has 0 saturated heterocycles. The third-order valence-corrected chi connectivity index (χ3v) is 5.08. The number of carbonyl (C=O) groups is 1. The second kappa shape index (κ2) is 9.41. The van der Waals surface area contributed by atoms with Crippen LogP contribution in [-0.2, 0) is 17.9 Å². The molecular weight excluding hydrogens is 374 g/mol. The Morgan fingerprint density at radius 1 is 1.11 bits per heavy atom. The molecule has 1 aliphatic heterocycles. The Bertz CT molecular complexity index is 897. The molecule has 0 aromatic heterocycles. The lowest BCUT2D eigenvalue weighted by molar-refractivity contribution is -0.115. The second-order valence-corrected chi connectivity index (χ2v) is 7.25. The molecule has 0 unspecified atom stereocenters. The van der Waals surface area contributed by atoms with Gasteiger partial charge in [0.15, 0.2) is 16.1 Å². The predicted molar refractivity (Wildman–Crippen MR) is 113 cm³/mol. The number of amidine groups is 2. The molecule has 6 nitrogen and oxygen atoms in total. The minimum absolute atomic E-state index is 0.0269. The van der Waals surface area contributed by atoms with Gasteiger partial charge in [0.25, 0.3) is 0 Å². The number of aliphatic imine (C=N–C) groups is 2. The molecule has 0 spiro atoms. The molecule has 2 aromatic carbocycles. The molecule has 1 aliphatic rings. The number of methoxy groups -OCH3 is 2. The van der Waals surface area contributed by atoms with Crippen molar-refractivity contribution >= 4 is 27.9 Å². The number of hydrogen-bond donors (Lipinski definition) is 0. The zero-order valence-electron chi connectivity index (χ0n) is 16.2. The standard InChI is InChI=1S/C21H23N3O3S/c1-15(25)12-22-20-23-21(28-20)24(13-16-7-5-4-6-8-16)14-17-11-18(26-2)9-10-19(17)27-3/h4-11H,12-14H2,1-3H3. The van der Waals surface area contributed by atoms with E-state index in [2.05, 4.69) is 27.0 Å². The Morgan fingerprint density at radius 2 is 1.86 bits per heavy atom. The van der Waals surface area contributed by atoms with E-state index in [-0.39, 0.29) is 12.3 Å². The molecule has 0 atom stereocenters. The Balaban J connectivity index is 1.84. The SMILES string of the molecule is COc1ccc(OC)c(CN(Cc2ccccc2)C2=NC(=NCC(C)=O)S2)c1. The fourth-order valence-corrected chi connectivity index (χ4v) is 3.44. The number of carbonyl (C=O) groups excluding carboxylic acids is 1. The normalized spacial score (nSPS) is 14.2. The monoisotopic (exact) mass is 397 g/mol. The van der Waals surface area contributed by atoms with E-state index in [1.165, 1.54) is 24.2 Å². The van der Waals surface area contributed by atoms with E-state index in [1.54, 1.807) is 14.2 Å². The highest BCUT2D eigenvalue weighted by Crippen LogP contribution is 2.30. The molecule has 0 fully saturated rings. The van der Waals surface area contributed by atoms with Gasteiger partial charge in [-0.15, -0.1) is 0 Å². The summed E-state index contributed by atoms with van der Waals surface area (Å²) in [6.45, 7) is 3.00. The summed E-state index contributed by atoms with van der Waals surface area (Å²) in [5, 5.41) is 1.51. The summed E-state index contributed by atoms with van der Waals surface area (Å²) in [5.74, 6) is 1.61. The van der Waals surface area contributed by atoms with Gasteiger partial charge in [-0.25, -0.2) is 0 Å². The Morgan fingerprint density at radius 3 is 2.50 bits per heavy atom. The number of nitrogens with zero attached hydrogens (tertiary/aromatic N) is 3. The average molecular weight is 398 g/mol. The van der Waals surface area contributed by atoms with Crippen LogP contribution in [-0.4, -0.2) is 41.8 Å². The molecule has 0 bridgehead atoms. The minimum atomic E-state index is 0.0269. The van der Waals surface area contributed by atoms with Crippen molar-refractivity contribution in [3.63, 3.8) is 0 Å². The van der Waals surface area contributed by atoms with Gasteiger partial charge in [0.2, 0.25) is 0 Å². The van der Waals surface area contributed by atoms with Gasteiger partial charge in [0.1, 0.15) is 18.0 Å². The zero-order valence-corrected chi connectivity index (χ0v) is 17.0. The molecule has 0 saturated carbocycles. The van der Waals surface area contributed by atoms with Crippen molar-refractivity contribution in [3.8, 4) is 11.5 Å². The predicted octanol–water partition coefficient (Wildman–Crippen LogP) is 3.75. The van der Waals surface area contributed by atoms with Crippen molar-refractivity contribution in [3.05, 3.63) is 59.7 Å². The summed E-state index contributed by atoms with van der Waals surface area (Å²) >= 11 is 1.49. The highest BCUT2D eigenvalue weighted by molar-refractivity contribution is 8.28. The van der Waals surface area contributed by atoms with Gasteiger partial charge in [0, 0.05) is 18.7 Å². The quantitative estimate of drug-likeness (QED) is 0.679. The summed E-state index contributed by atoms with van der Waals surface area (Å²) in [7, 11) is 3.31. The van der Waals surface area contributed by atoms with Gasteiger partial charge >= 0.3 is 0 Å². The number of Topliss-reactive ketones (excluding diaryl/α,β-unsaturated/α-hetero) is 1. The molecule has 0 radical (unpaired) electrons. The van der Waals surface area contributed by atoms with Crippen LogP contribution >= 0.6 is 11.8 Å². The first-order chi connectivity index (χ1) is 13.6. The highest BCUT2D eigenvalue weighted by Gasteiger charge is 2.25. The summed E-state index contributed by atoms with van der Waals surface area (Å²) in [4.78, 5) is 22.0. The van der Waals surface area contributed by atoms with Gasteiger partial charge in [-0.2, -0.15) is 4.99 Å². The van der Waals surface area contributed by atoms with Crippen LogP contribution in [0.2, 0.25) is 0 Å². The molecule has 0 amide bonds. The summed E-state index contributed by atoms with van der Waals surface area (Å²) in [5.41, 5.74) is 2.19. The molecular formula is C21H23N3O3S. The number of thioether (sulfide) groups is 1. The number of benzene rings is 2. The summed E-state index contributed by atoms with van der Waals surface area (Å²) in [6.07, 6.45) is 0. The van der Waals surface area contributed by atoms with E-state index in [0.717, 1.165) is 22.2 Å². The Kier molecular flexibility index (Phi) is 6.71. The van der Waals surface area contributed by atoms with Crippen LogP contribution in [0.25, 0.3) is 0 Å². The third kappa shape index (κ3) is 5.13. The molecule has 2 aromatic rings. The van der Waals surface area contributed by atoms with Crippen molar-refractivity contribution in [2.75, 3.05) is 20.8 Å². The van der Waals surface area contributed by atoms with E-state index in [0.29, 0.717) is 18.3 Å². The van der Waals surface area contributed by atoms with Crippen molar-refractivity contribution in [2.45, 2.75) is 20.0 Å². The van der Waals surface area contributed by atoms with Crippen LogP contribution < -0.4 is 9.47 Å². The largest absolute Gasteiger partial charge is 0.497 e. The molecule has 7 heteroatoms. The first-order valence-electron chi connectivity index (χ1n) is 8.89. The van der Waals surface area contributed by atoms with Crippen LogP contribution in [0.4, 0.5) is 0 Å². The zero-order chi connectivity index (χ0) is 19.9. The first-order valence-corrected chi connectivity index (χ1v) is 9.71. The van der Waals surface area contributed by atoms with Crippen LogP contribution in [0.5, 0.6) is 11.5 Å². The highest BCUT2D eigenvalue weighted by atomic mass is 32.2. The van der Waals surface area contributed by atoms with Gasteiger partial charge in [0.05, 0.1) is 14.2 Å². The maximum Gasteiger partial charge on any atom is 0.193 e. The second-order valence-electron chi connectivity index (χ2n) is 6.32. The van der Waals surface area contributed by atoms with E-state index in [4.69, 9.17) is 9.47 Å². The fourth-order valence-electron chi connectivity index (χ4n) is 2.76. The number of rotatable bonds is 8. The lowest BCUT2D eigenvalue weighted by atomic mass is 10.1. The number of ether oxygens (including phenoxy) is 2. The van der Waals surface area contributed by atoms with Crippen LogP contribution in [0.3, 0.4) is 0 Å². The van der Waals surface area contributed by atoms with E-state index < -0.39 is 0 Å². The fraction of sp³-hybridized carbons (Fsp3) is 0.286. The van der Waals surface area contributed by atoms with Crippen LogP contribution in [0.15, 0.2) is 58.5 Å². The van der Waals surface area contributed by atoms with Crippen molar-refractivity contribution in [1.82, 2.24) is 4.90 Å². The van der Waals surface area contributed by atoms with E-state index in [1.807, 2.05) is 36.4 Å². The third-order valence-electron chi connectivity index (χ3n) is 4.15. The number of ketones is 1. The molecule has 1 heterocycles. The molecule has 28 heavy (non-hydrogen) atoms. The molecule has 3 rings (SSSR count). The summed E-state index contributed by atoms with van der Waals surface area (Å²) < 4.78 is 10.9. The lowest BCUT2D eigenvalue weighted by Crippen LogP contribution is -2.33. The van der Waals surface area contributed by atoms with Crippen molar-refractivity contribution in [2.24, 2.45) is 9.98 Å². The first kappa shape index (κ1) is 19.9. The van der Waals surface area contributed by atoms with E-state index in [9.17, 15) is 4.79 Å². The van der Waals surface area contributed by atoms with Crippen molar-refractivity contribution in [1.29, 1.82) is 0 Å². The molecule has 0 aliphatic carbocycles. The maximum absolute atomic E-state index is 11.1. The Hall–Kier alpha value is -2.80. The van der Waals surface area contributed by atoms with Gasteiger partial charge < -0.3 is 14.4 Å².